The maximum atomic E-state index is 9.62. The molecule has 2 rings (SSSR count). The molecule has 1 fully saturated rings. The number of nitrogens with one attached hydrogen (secondary N) is 1. The third-order valence-corrected chi connectivity index (χ3v) is 3.84. The molecule has 2 unspecified atom stereocenters. The Morgan fingerprint density at radius 2 is 2.24 bits per heavy atom. The van der Waals surface area contributed by atoms with E-state index in [0.29, 0.717) is 5.92 Å². The fraction of sp³-hybridized carbons (Fsp3) is 0.538. The largest absolute Gasteiger partial charge is 0.397 e. The van der Waals surface area contributed by atoms with Crippen LogP contribution in [0.2, 0.25) is 0 Å². The van der Waals surface area contributed by atoms with Crippen LogP contribution in [0.3, 0.4) is 0 Å². The predicted octanol–water partition coefficient (Wildman–Crippen LogP) is 2.99. The maximum absolute atomic E-state index is 9.62. The van der Waals surface area contributed by atoms with E-state index in [1.807, 2.05) is 18.2 Å². The number of benzene rings is 1. The van der Waals surface area contributed by atoms with Gasteiger partial charge in [0.05, 0.1) is 17.5 Å². The summed E-state index contributed by atoms with van der Waals surface area (Å²) in [6.07, 6.45) is 4.06. The molecule has 1 saturated carbocycles. The van der Waals surface area contributed by atoms with Gasteiger partial charge in [0.2, 0.25) is 0 Å². The van der Waals surface area contributed by atoms with Crippen molar-refractivity contribution >= 4 is 27.3 Å². The van der Waals surface area contributed by atoms with E-state index in [1.54, 1.807) is 0 Å². The molecule has 2 atom stereocenters. The summed E-state index contributed by atoms with van der Waals surface area (Å²) in [7, 11) is 0. The highest BCUT2D eigenvalue weighted by Gasteiger charge is 2.19. The molecule has 0 spiro atoms. The Bertz CT molecular complexity index is 384. The molecule has 0 heterocycles. The summed E-state index contributed by atoms with van der Waals surface area (Å²) in [4.78, 5) is 0. The average molecular weight is 299 g/mol. The van der Waals surface area contributed by atoms with Gasteiger partial charge >= 0.3 is 0 Å². The Kier molecular flexibility index (Phi) is 4.29. The molecule has 94 valence electrons. The van der Waals surface area contributed by atoms with Gasteiger partial charge < -0.3 is 16.2 Å². The molecule has 0 bridgehead atoms. The molecule has 4 heteroatoms. The van der Waals surface area contributed by atoms with Gasteiger partial charge in [0.15, 0.2) is 0 Å². The van der Waals surface area contributed by atoms with Crippen LogP contribution in [0.25, 0.3) is 0 Å². The van der Waals surface area contributed by atoms with Crippen LogP contribution in [0.4, 0.5) is 11.4 Å². The first-order valence-corrected chi connectivity index (χ1v) is 6.91. The second kappa shape index (κ2) is 5.74. The van der Waals surface area contributed by atoms with Crippen LogP contribution in [0.5, 0.6) is 0 Å². The lowest BCUT2D eigenvalue weighted by atomic mass is 9.87. The molecule has 0 aromatic heterocycles. The van der Waals surface area contributed by atoms with Gasteiger partial charge in [0.25, 0.3) is 0 Å². The fourth-order valence-electron chi connectivity index (χ4n) is 2.38. The first-order chi connectivity index (χ1) is 8.15. The van der Waals surface area contributed by atoms with Crippen LogP contribution in [0.1, 0.15) is 25.7 Å². The van der Waals surface area contributed by atoms with Gasteiger partial charge in [0.1, 0.15) is 0 Å². The number of aliphatic hydroxyl groups excluding tert-OH is 1. The number of aliphatic hydroxyl groups is 1. The van der Waals surface area contributed by atoms with Crippen LogP contribution >= 0.6 is 15.9 Å². The molecule has 0 radical (unpaired) electrons. The summed E-state index contributed by atoms with van der Waals surface area (Å²) in [5.41, 5.74) is 7.64. The molecule has 1 aliphatic rings. The lowest BCUT2D eigenvalue weighted by Crippen LogP contribution is -2.25. The third-order valence-electron chi connectivity index (χ3n) is 3.35. The van der Waals surface area contributed by atoms with Crippen LogP contribution in [0, 0.1) is 5.92 Å². The van der Waals surface area contributed by atoms with E-state index in [1.165, 1.54) is 6.42 Å². The topological polar surface area (TPSA) is 58.3 Å². The summed E-state index contributed by atoms with van der Waals surface area (Å²) in [6.45, 7) is 0.887. The lowest BCUT2D eigenvalue weighted by molar-refractivity contribution is 0.105. The van der Waals surface area contributed by atoms with Gasteiger partial charge in [-0.25, -0.2) is 0 Å². The zero-order valence-electron chi connectivity index (χ0n) is 9.82. The molecular formula is C13H19BrN2O. The maximum Gasteiger partial charge on any atom is 0.0585 e. The molecule has 0 amide bonds. The van der Waals surface area contributed by atoms with Crippen molar-refractivity contribution in [2.75, 3.05) is 17.6 Å². The number of hydrogen-bond acceptors (Lipinski definition) is 3. The summed E-state index contributed by atoms with van der Waals surface area (Å²) in [6, 6.07) is 5.82. The van der Waals surface area contributed by atoms with Gasteiger partial charge in [-0.2, -0.15) is 0 Å². The van der Waals surface area contributed by atoms with Gasteiger partial charge in [-0.1, -0.05) is 22.4 Å². The second-order valence-corrected chi connectivity index (χ2v) is 5.71. The number of hydrogen-bond donors (Lipinski definition) is 3. The van der Waals surface area contributed by atoms with Gasteiger partial charge in [0, 0.05) is 11.0 Å². The summed E-state index contributed by atoms with van der Waals surface area (Å²) < 4.78 is 1.03. The van der Waals surface area contributed by atoms with Crippen molar-refractivity contribution in [2.24, 2.45) is 5.92 Å². The van der Waals surface area contributed by atoms with E-state index in [2.05, 4.69) is 21.2 Å². The number of rotatable bonds is 3. The monoisotopic (exact) mass is 298 g/mol. The Balaban J connectivity index is 1.90. The molecule has 1 aliphatic carbocycles. The van der Waals surface area contributed by atoms with E-state index >= 15 is 0 Å². The Labute approximate surface area is 111 Å². The smallest absolute Gasteiger partial charge is 0.0585 e. The predicted molar refractivity (Wildman–Crippen MR) is 75.0 cm³/mol. The average Bonchev–Trinajstić information content (AvgIpc) is 2.30. The van der Waals surface area contributed by atoms with Crippen molar-refractivity contribution < 1.29 is 5.11 Å². The standard InChI is InChI=1S/C13H19BrN2O/c14-10-4-5-12(15)13(7-10)16-8-9-2-1-3-11(17)6-9/h4-5,7,9,11,16-17H,1-3,6,8,15H2. The highest BCUT2D eigenvalue weighted by atomic mass is 79.9. The zero-order valence-corrected chi connectivity index (χ0v) is 11.4. The molecule has 0 saturated heterocycles. The Hall–Kier alpha value is -0.740. The minimum absolute atomic E-state index is 0.115. The van der Waals surface area contributed by atoms with Crippen molar-refractivity contribution in [2.45, 2.75) is 31.8 Å². The van der Waals surface area contributed by atoms with E-state index in [-0.39, 0.29) is 6.10 Å². The molecule has 1 aromatic rings. The lowest BCUT2D eigenvalue weighted by Gasteiger charge is -2.26. The van der Waals surface area contributed by atoms with Crippen molar-refractivity contribution in [3.05, 3.63) is 22.7 Å². The Morgan fingerprint density at radius 3 is 3.00 bits per heavy atom. The second-order valence-electron chi connectivity index (χ2n) is 4.80. The third kappa shape index (κ3) is 3.61. The summed E-state index contributed by atoms with van der Waals surface area (Å²) in [5.74, 6) is 0.553. The highest BCUT2D eigenvalue weighted by molar-refractivity contribution is 9.10. The SMILES string of the molecule is Nc1ccc(Br)cc1NCC1CCCC(O)C1. The normalized spacial score (nSPS) is 24.6. The van der Waals surface area contributed by atoms with E-state index in [0.717, 1.165) is 41.7 Å². The molecule has 0 aliphatic heterocycles. The number of anilines is 2. The van der Waals surface area contributed by atoms with Crippen molar-refractivity contribution in [1.29, 1.82) is 0 Å². The summed E-state index contributed by atoms with van der Waals surface area (Å²) in [5, 5.41) is 13.0. The quantitative estimate of drug-likeness (QED) is 0.752. The fourth-order valence-corrected chi connectivity index (χ4v) is 2.74. The van der Waals surface area contributed by atoms with Crippen LogP contribution in [-0.4, -0.2) is 17.8 Å². The number of nitrogen functional groups attached to an aromatic ring is 1. The molecule has 4 N–H and O–H groups in total. The van der Waals surface area contributed by atoms with Crippen LogP contribution in [0.15, 0.2) is 22.7 Å². The van der Waals surface area contributed by atoms with E-state index < -0.39 is 0 Å². The zero-order chi connectivity index (χ0) is 12.3. The Morgan fingerprint density at radius 1 is 1.41 bits per heavy atom. The minimum atomic E-state index is -0.115. The van der Waals surface area contributed by atoms with Gasteiger partial charge in [-0.3, -0.25) is 0 Å². The van der Waals surface area contributed by atoms with Gasteiger partial charge in [-0.15, -0.1) is 0 Å². The van der Waals surface area contributed by atoms with E-state index in [9.17, 15) is 5.11 Å². The van der Waals surface area contributed by atoms with Crippen molar-refractivity contribution in [1.82, 2.24) is 0 Å². The van der Waals surface area contributed by atoms with E-state index in [4.69, 9.17) is 5.73 Å². The van der Waals surface area contributed by atoms with Crippen molar-refractivity contribution in [3.8, 4) is 0 Å². The van der Waals surface area contributed by atoms with Gasteiger partial charge in [-0.05, 0) is 43.4 Å². The van der Waals surface area contributed by atoms with Crippen LogP contribution < -0.4 is 11.1 Å². The summed E-state index contributed by atoms with van der Waals surface area (Å²) >= 11 is 3.44. The first-order valence-electron chi connectivity index (χ1n) is 6.12. The molecule has 1 aromatic carbocycles. The molecular weight excluding hydrogens is 280 g/mol. The number of nitrogens with two attached hydrogens (primary N) is 1. The van der Waals surface area contributed by atoms with Crippen LogP contribution in [-0.2, 0) is 0 Å². The molecule has 17 heavy (non-hydrogen) atoms. The highest BCUT2D eigenvalue weighted by Crippen LogP contribution is 2.27. The minimum Gasteiger partial charge on any atom is -0.397 e. The molecule has 3 nitrogen and oxygen atoms in total. The van der Waals surface area contributed by atoms with Crippen molar-refractivity contribution in [3.63, 3.8) is 0 Å². The number of halogens is 1. The first kappa shape index (κ1) is 12.7.